The van der Waals surface area contributed by atoms with Gasteiger partial charge >= 0.3 is 0 Å². The van der Waals surface area contributed by atoms with Gasteiger partial charge in [-0.15, -0.1) is 0 Å². The van der Waals surface area contributed by atoms with Crippen LogP contribution in [0.15, 0.2) is 72.8 Å². The van der Waals surface area contributed by atoms with Gasteiger partial charge in [0.25, 0.3) is 0 Å². The maximum atomic E-state index is 8.89. The zero-order chi connectivity index (χ0) is 23.9. The normalized spacial score (nSPS) is 11.4. The summed E-state index contributed by atoms with van der Waals surface area (Å²) in [5.74, 6) is 0.627. The summed E-state index contributed by atoms with van der Waals surface area (Å²) in [4.78, 5) is 2.41. The molecule has 7 heteroatoms. The van der Waals surface area contributed by atoms with Crippen molar-refractivity contribution in [1.29, 1.82) is 5.41 Å². The summed E-state index contributed by atoms with van der Waals surface area (Å²) in [7, 11) is 0. The summed E-state index contributed by atoms with van der Waals surface area (Å²) in [5.41, 5.74) is 3.98. The molecule has 34 heavy (non-hydrogen) atoms. The average Bonchev–Trinajstić information content (AvgIpc) is 3.12. The largest absolute Gasteiger partial charge is 0.492 e. The van der Waals surface area contributed by atoms with E-state index in [1.54, 1.807) is 18.2 Å². The maximum Gasteiger partial charge on any atom is 0.203 e. The SMILES string of the molecule is CCN(CCn1c(=N)n(CCCOc2ccc(Cl)cc2Cl)c2ccccc21)Cc1ccccc1. The fourth-order valence-corrected chi connectivity index (χ4v) is 4.64. The van der Waals surface area contributed by atoms with E-state index in [1.807, 2.05) is 18.2 Å². The number of nitrogens with one attached hydrogen (secondary N) is 1. The predicted molar refractivity (Wildman–Crippen MR) is 140 cm³/mol. The van der Waals surface area contributed by atoms with Gasteiger partial charge in [0.1, 0.15) is 5.75 Å². The average molecular weight is 497 g/mol. The topological polar surface area (TPSA) is 46.2 Å². The molecule has 0 amide bonds. The minimum Gasteiger partial charge on any atom is -0.492 e. The lowest BCUT2D eigenvalue weighted by Gasteiger charge is -2.21. The van der Waals surface area contributed by atoms with E-state index in [-0.39, 0.29) is 0 Å². The standard InChI is InChI=1S/C27H30Cl2N4O/c1-2-31(20-21-9-4-3-5-10-21)16-17-33-25-12-7-6-11-24(25)32(27(33)30)15-8-18-34-26-14-13-22(28)19-23(26)29/h3-7,9-14,19,30H,2,8,15-18,20H2,1H3. The number of aromatic nitrogens is 2. The molecule has 1 aromatic heterocycles. The van der Waals surface area contributed by atoms with Gasteiger partial charge in [-0.3, -0.25) is 10.3 Å². The number of rotatable bonds is 11. The van der Waals surface area contributed by atoms with E-state index in [1.165, 1.54) is 5.56 Å². The number of hydrogen-bond acceptors (Lipinski definition) is 3. The van der Waals surface area contributed by atoms with E-state index in [2.05, 4.69) is 57.4 Å². The summed E-state index contributed by atoms with van der Waals surface area (Å²) in [6, 6.07) is 24.0. The van der Waals surface area contributed by atoms with Gasteiger partial charge in [-0.2, -0.15) is 0 Å². The fraction of sp³-hybridized carbons (Fsp3) is 0.296. The number of aryl methyl sites for hydroxylation is 1. The summed E-state index contributed by atoms with van der Waals surface area (Å²) >= 11 is 12.2. The van der Waals surface area contributed by atoms with Crippen molar-refractivity contribution in [2.45, 2.75) is 33.0 Å². The van der Waals surface area contributed by atoms with Gasteiger partial charge in [0.2, 0.25) is 5.62 Å². The molecule has 5 nitrogen and oxygen atoms in total. The lowest BCUT2D eigenvalue weighted by atomic mass is 10.2. The zero-order valence-electron chi connectivity index (χ0n) is 19.4. The molecule has 0 radical (unpaired) electrons. The van der Waals surface area contributed by atoms with Crippen LogP contribution in [-0.4, -0.2) is 33.7 Å². The maximum absolute atomic E-state index is 8.89. The Kier molecular flexibility index (Phi) is 8.33. The van der Waals surface area contributed by atoms with Crippen molar-refractivity contribution in [1.82, 2.24) is 14.0 Å². The number of imidazole rings is 1. The molecule has 0 aliphatic rings. The quantitative estimate of drug-likeness (QED) is 0.250. The second-order valence-corrected chi connectivity index (χ2v) is 9.09. The predicted octanol–water partition coefficient (Wildman–Crippen LogP) is 6.22. The Hall–Kier alpha value is -2.73. The Balaban J connectivity index is 1.43. The minimum absolute atomic E-state index is 0.508. The van der Waals surface area contributed by atoms with Crippen LogP contribution in [-0.2, 0) is 19.6 Å². The molecule has 1 heterocycles. The van der Waals surface area contributed by atoms with Crippen molar-refractivity contribution < 1.29 is 4.74 Å². The smallest absolute Gasteiger partial charge is 0.203 e. The third-order valence-electron chi connectivity index (χ3n) is 5.99. The molecule has 178 valence electrons. The summed E-state index contributed by atoms with van der Waals surface area (Å²) in [5, 5.41) is 9.98. The molecule has 1 N–H and O–H groups in total. The molecule has 3 aromatic carbocycles. The number of likely N-dealkylation sites (N-methyl/N-ethyl adjacent to an activating group) is 1. The van der Waals surface area contributed by atoms with Crippen molar-refractivity contribution in [3.63, 3.8) is 0 Å². The lowest BCUT2D eigenvalue weighted by Crippen LogP contribution is -2.32. The first-order valence-electron chi connectivity index (χ1n) is 11.6. The van der Waals surface area contributed by atoms with Crippen molar-refractivity contribution in [2.24, 2.45) is 0 Å². The van der Waals surface area contributed by atoms with Crippen LogP contribution in [0.4, 0.5) is 0 Å². The van der Waals surface area contributed by atoms with Gasteiger partial charge in [-0.1, -0.05) is 72.6 Å². The van der Waals surface area contributed by atoms with Gasteiger partial charge in [-0.05, 0) is 48.9 Å². The first-order chi connectivity index (χ1) is 16.6. The highest BCUT2D eigenvalue weighted by molar-refractivity contribution is 6.35. The third-order valence-corrected chi connectivity index (χ3v) is 6.52. The van der Waals surface area contributed by atoms with Gasteiger partial charge < -0.3 is 13.9 Å². The summed E-state index contributed by atoms with van der Waals surface area (Å²) in [6.07, 6.45) is 0.763. The number of ether oxygens (including phenoxy) is 1. The van der Waals surface area contributed by atoms with Gasteiger partial charge in [-0.25, -0.2) is 0 Å². The molecule has 0 bridgehead atoms. The minimum atomic E-state index is 0.508. The van der Waals surface area contributed by atoms with Crippen LogP contribution in [0.3, 0.4) is 0 Å². The number of hydrogen-bond donors (Lipinski definition) is 1. The van der Waals surface area contributed by atoms with E-state index < -0.39 is 0 Å². The zero-order valence-corrected chi connectivity index (χ0v) is 20.9. The Morgan fingerprint density at radius 1 is 0.882 bits per heavy atom. The van der Waals surface area contributed by atoms with Crippen LogP contribution in [0.25, 0.3) is 11.0 Å². The highest BCUT2D eigenvalue weighted by atomic mass is 35.5. The van der Waals surface area contributed by atoms with Crippen molar-refractivity contribution in [2.75, 3.05) is 19.7 Å². The second-order valence-electron chi connectivity index (χ2n) is 8.25. The van der Waals surface area contributed by atoms with E-state index in [4.69, 9.17) is 33.3 Å². The van der Waals surface area contributed by atoms with E-state index >= 15 is 0 Å². The molecule has 0 saturated heterocycles. The van der Waals surface area contributed by atoms with E-state index in [0.717, 1.165) is 43.6 Å². The van der Waals surface area contributed by atoms with Gasteiger partial charge in [0.05, 0.1) is 22.7 Å². The molecule has 0 spiro atoms. The highest BCUT2D eigenvalue weighted by Crippen LogP contribution is 2.27. The first kappa shape index (κ1) is 24.4. The van der Waals surface area contributed by atoms with Gasteiger partial charge in [0.15, 0.2) is 0 Å². The Morgan fingerprint density at radius 3 is 2.24 bits per heavy atom. The molecule has 4 aromatic rings. The monoisotopic (exact) mass is 496 g/mol. The van der Waals surface area contributed by atoms with Crippen LogP contribution in [0.1, 0.15) is 18.9 Å². The molecule has 0 atom stereocenters. The molecular weight excluding hydrogens is 467 g/mol. The number of para-hydroxylation sites is 2. The molecule has 0 aliphatic heterocycles. The number of fused-ring (bicyclic) bond motifs is 1. The van der Waals surface area contributed by atoms with Gasteiger partial charge in [0, 0.05) is 31.2 Å². The van der Waals surface area contributed by atoms with Crippen LogP contribution >= 0.6 is 23.2 Å². The van der Waals surface area contributed by atoms with Crippen molar-refractivity contribution in [3.05, 3.63) is 94.0 Å². The Morgan fingerprint density at radius 2 is 1.56 bits per heavy atom. The van der Waals surface area contributed by atoms with Crippen LogP contribution in [0.2, 0.25) is 10.0 Å². The molecule has 0 saturated carbocycles. The number of benzene rings is 3. The van der Waals surface area contributed by atoms with Crippen LogP contribution < -0.4 is 10.4 Å². The first-order valence-corrected chi connectivity index (χ1v) is 12.4. The fourth-order valence-electron chi connectivity index (χ4n) is 4.18. The molecule has 0 aliphatic carbocycles. The molecular formula is C27H30Cl2N4O. The highest BCUT2D eigenvalue weighted by Gasteiger charge is 2.12. The second kappa shape index (κ2) is 11.6. The number of halogens is 2. The summed E-state index contributed by atoms with van der Waals surface area (Å²) < 4.78 is 10.0. The molecule has 0 fully saturated rings. The van der Waals surface area contributed by atoms with Crippen molar-refractivity contribution in [3.8, 4) is 5.75 Å². The molecule has 4 rings (SSSR count). The lowest BCUT2D eigenvalue weighted by molar-refractivity contribution is 0.266. The van der Waals surface area contributed by atoms with E-state index in [9.17, 15) is 0 Å². The Labute approximate surface area is 210 Å². The van der Waals surface area contributed by atoms with Crippen molar-refractivity contribution >= 4 is 34.2 Å². The van der Waals surface area contributed by atoms with Crippen LogP contribution in [0, 0.1) is 5.41 Å². The van der Waals surface area contributed by atoms with E-state index in [0.29, 0.717) is 34.6 Å². The molecule has 0 unspecified atom stereocenters. The Bertz CT molecular complexity index is 1280. The number of nitrogens with zero attached hydrogens (tertiary/aromatic N) is 3. The third kappa shape index (κ3) is 5.84. The van der Waals surface area contributed by atoms with Crippen LogP contribution in [0.5, 0.6) is 5.75 Å². The summed E-state index contributed by atoms with van der Waals surface area (Å²) in [6.45, 7) is 6.91.